The third-order valence-electron chi connectivity index (χ3n) is 4.18. The number of hydrogen-bond acceptors (Lipinski definition) is 6. The van der Waals surface area contributed by atoms with E-state index in [1.54, 1.807) is 37.3 Å². The number of phenols is 1. The molecule has 136 valence electrons. The van der Waals surface area contributed by atoms with Crippen LogP contribution in [0.5, 0.6) is 5.75 Å². The van der Waals surface area contributed by atoms with Crippen LogP contribution in [0.2, 0.25) is 0 Å². The Morgan fingerprint density at radius 2 is 2.04 bits per heavy atom. The number of aliphatic hydroxyl groups is 1. The summed E-state index contributed by atoms with van der Waals surface area (Å²) in [6, 6.07) is 3.07. The van der Waals surface area contributed by atoms with Crippen LogP contribution in [-0.4, -0.2) is 34.2 Å². The first-order chi connectivity index (χ1) is 12.5. The number of aliphatic hydroxyl groups excluding tert-OH is 1. The van der Waals surface area contributed by atoms with Crippen molar-refractivity contribution in [2.24, 2.45) is 0 Å². The van der Waals surface area contributed by atoms with E-state index in [0.29, 0.717) is 16.5 Å². The lowest BCUT2D eigenvalue weighted by atomic mass is 10.00. The zero-order chi connectivity index (χ0) is 18.7. The number of carbonyl (C=O) groups excluding carboxylic acids is 2. The summed E-state index contributed by atoms with van der Waals surface area (Å²) >= 11 is 0. The summed E-state index contributed by atoms with van der Waals surface area (Å²) in [5, 5.41) is 21.0. The van der Waals surface area contributed by atoms with E-state index in [9.17, 15) is 19.8 Å². The van der Waals surface area contributed by atoms with Crippen molar-refractivity contribution in [2.45, 2.75) is 38.4 Å². The average Bonchev–Trinajstić information content (AvgIpc) is 3.01. The minimum absolute atomic E-state index is 0.0398. The minimum atomic E-state index is -0.805. The Hall–Kier alpha value is -2.86. The van der Waals surface area contributed by atoms with E-state index in [-0.39, 0.29) is 36.4 Å². The summed E-state index contributed by atoms with van der Waals surface area (Å²) in [6.07, 6.45) is 7.08. The van der Waals surface area contributed by atoms with E-state index in [0.717, 1.165) is 0 Å². The van der Waals surface area contributed by atoms with Gasteiger partial charge in [-0.2, -0.15) is 0 Å². The normalized spacial score (nSPS) is 22.1. The Kier molecular flexibility index (Phi) is 5.23. The second-order valence-electron chi connectivity index (χ2n) is 6.29. The number of esters is 1. The summed E-state index contributed by atoms with van der Waals surface area (Å²) in [5.74, 6) is -1.00. The van der Waals surface area contributed by atoms with Gasteiger partial charge in [0.15, 0.2) is 0 Å². The molecule has 0 aliphatic carbocycles. The maximum absolute atomic E-state index is 12.6. The molecular weight excluding hydrogens is 336 g/mol. The van der Waals surface area contributed by atoms with Crippen LogP contribution in [0.1, 0.15) is 42.1 Å². The van der Waals surface area contributed by atoms with Crippen LogP contribution >= 0.6 is 0 Å². The molecule has 26 heavy (non-hydrogen) atoms. The number of aromatic hydroxyl groups is 1. The van der Waals surface area contributed by atoms with Gasteiger partial charge < -0.3 is 19.4 Å². The molecule has 1 aliphatic heterocycles. The summed E-state index contributed by atoms with van der Waals surface area (Å²) in [7, 11) is 0. The van der Waals surface area contributed by atoms with Crippen LogP contribution < -0.4 is 0 Å². The predicted molar refractivity (Wildman–Crippen MR) is 95.8 cm³/mol. The third kappa shape index (κ3) is 3.86. The lowest BCUT2D eigenvalue weighted by Crippen LogP contribution is -2.15. The van der Waals surface area contributed by atoms with Crippen molar-refractivity contribution in [1.29, 1.82) is 0 Å². The second-order valence-corrected chi connectivity index (χ2v) is 6.29. The van der Waals surface area contributed by atoms with E-state index in [1.807, 2.05) is 0 Å². The van der Waals surface area contributed by atoms with Gasteiger partial charge in [-0.3, -0.25) is 4.79 Å². The van der Waals surface area contributed by atoms with Crippen molar-refractivity contribution < 1.29 is 29.0 Å². The van der Waals surface area contributed by atoms with E-state index >= 15 is 0 Å². The summed E-state index contributed by atoms with van der Waals surface area (Å²) < 4.78 is 10.7. The molecule has 1 aliphatic rings. The number of Topliss-reactive ketones (excluding diaryl/α,β-unsaturated/α-hetero) is 1. The number of phenolic OH excluding ortho intramolecular Hbond substituents is 1. The van der Waals surface area contributed by atoms with Gasteiger partial charge in [0.05, 0.1) is 12.4 Å². The molecule has 0 unspecified atom stereocenters. The fourth-order valence-corrected chi connectivity index (χ4v) is 2.94. The van der Waals surface area contributed by atoms with Crippen molar-refractivity contribution in [1.82, 2.24) is 0 Å². The molecule has 3 rings (SSSR count). The van der Waals surface area contributed by atoms with Crippen LogP contribution in [0, 0.1) is 0 Å². The first-order valence-corrected chi connectivity index (χ1v) is 8.43. The van der Waals surface area contributed by atoms with Crippen molar-refractivity contribution in [3.8, 4) is 5.75 Å². The van der Waals surface area contributed by atoms with Crippen molar-refractivity contribution in [3.05, 3.63) is 47.8 Å². The summed E-state index contributed by atoms with van der Waals surface area (Å²) in [4.78, 5) is 24.4. The van der Waals surface area contributed by atoms with Gasteiger partial charge in [0.2, 0.25) is 0 Å². The molecule has 0 radical (unpaired) electrons. The Morgan fingerprint density at radius 1 is 1.23 bits per heavy atom. The van der Waals surface area contributed by atoms with Crippen LogP contribution in [0.15, 0.2) is 41.0 Å². The Bertz CT molecular complexity index is 889. The average molecular weight is 356 g/mol. The molecular formula is C20H20O6. The zero-order valence-electron chi connectivity index (χ0n) is 14.3. The van der Waals surface area contributed by atoms with Gasteiger partial charge in [-0.15, -0.1) is 0 Å². The molecule has 6 nitrogen and oxygen atoms in total. The van der Waals surface area contributed by atoms with Crippen molar-refractivity contribution >= 4 is 28.8 Å². The van der Waals surface area contributed by atoms with Gasteiger partial charge in [-0.25, -0.2) is 4.79 Å². The van der Waals surface area contributed by atoms with E-state index in [4.69, 9.17) is 9.15 Å². The molecule has 0 bridgehead atoms. The molecule has 0 saturated carbocycles. The highest BCUT2D eigenvalue weighted by Crippen LogP contribution is 2.33. The lowest BCUT2D eigenvalue weighted by molar-refractivity contribution is -0.120. The molecule has 1 aromatic heterocycles. The Balaban J connectivity index is 2.08. The van der Waals surface area contributed by atoms with Crippen molar-refractivity contribution in [3.63, 3.8) is 0 Å². The second kappa shape index (κ2) is 7.58. The monoisotopic (exact) mass is 356 g/mol. The van der Waals surface area contributed by atoms with Crippen LogP contribution in [0.3, 0.4) is 0 Å². The van der Waals surface area contributed by atoms with Gasteiger partial charge in [-0.05, 0) is 25.5 Å². The number of cyclic esters (lactones) is 1. The fraction of sp³-hybridized carbons (Fsp3) is 0.300. The van der Waals surface area contributed by atoms with Gasteiger partial charge >= 0.3 is 5.97 Å². The smallest absolute Gasteiger partial charge is 0.343 e. The molecule has 1 aromatic carbocycles. The van der Waals surface area contributed by atoms with Crippen LogP contribution in [0.4, 0.5) is 0 Å². The summed E-state index contributed by atoms with van der Waals surface area (Å²) in [5.41, 5.74) is 0.923. The maximum Gasteiger partial charge on any atom is 0.343 e. The molecule has 2 aromatic rings. The van der Waals surface area contributed by atoms with Gasteiger partial charge in [0.25, 0.3) is 0 Å². The largest absolute Gasteiger partial charge is 0.507 e. The highest BCUT2D eigenvalue weighted by molar-refractivity contribution is 6.04. The van der Waals surface area contributed by atoms with Gasteiger partial charge in [0.1, 0.15) is 28.8 Å². The topological polar surface area (TPSA) is 97.0 Å². The van der Waals surface area contributed by atoms with E-state index in [2.05, 4.69) is 0 Å². The van der Waals surface area contributed by atoms with Crippen LogP contribution in [0.25, 0.3) is 17.0 Å². The SMILES string of the molecule is C[C@H]1C=CCC(=O)C[C@@H](O)CC=Cc2c(c(O)cc3occc23)C(=O)O1. The summed E-state index contributed by atoms with van der Waals surface area (Å²) in [6.45, 7) is 1.67. The number of ketones is 1. The van der Waals surface area contributed by atoms with Gasteiger partial charge in [0, 0.05) is 29.9 Å². The number of hydrogen-bond donors (Lipinski definition) is 2. The Morgan fingerprint density at radius 3 is 2.85 bits per heavy atom. The third-order valence-corrected chi connectivity index (χ3v) is 4.18. The number of furan rings is 1. The highest BCUT2D eigenvalue weighted by atomic mass is 16.5. The number of benzene rings is 1. The molecule has 0 fully saturated rings. The number of rotatable bonds is 0. The van der Waals surface area contributed by atoms with E-state index < -0.39 is 18.2 Å². The fourth-order valence-electron chi connectivity index (χ4n) is 2.94. The number of fused-ring (bicyclic) bond motifs is 3. The highest BCUT2D eigenvalue weighted by Gasteiger charge is 2.22. The quantitative estimate of drug-likeness (QED) is 0.555. The maximum atomic E-state index is 12.6. The molecule has 0 saturated heterocycles. The lowest BCUT2D eigenvalue weighted by Gasteiger charge is -2.14. The molecule has 2 N–H and O–H groups in total. The Labute approximate surface area is 150 Å². The molecule has 2 heterocycles. The minimum Gasteiger partial charge on any atom is -0.507 e. The molecule has 2 atom stereocenters. The van der Waals surface area contributed by atoms with Crippen molar-refractivity contribution in [2.75, 3.05) is 0 Å². The standard InChI is InChI=1S/C20H20O6/c1-12-4-2-5-13(21)10-14(22)6-3-7-16-15-8-9-25-18(15)11-17(23)19(16)20(24)26-12/h2-4,7-9,11-12,14,22-23H,5-6,10H2,1H3/t12-,14-/m0/s1. The molecule has 0 amide bonds. The molecule has 6 heteroatoms. The molecule has 0 spiro atoms. The number of ether oxygens (including phenoxy) is 1. The predicted octanol–water partition coefficient (Wildman–Crippen LogP) is 3.37. The van der Waals surface area contributed by atoms with E-state index in [1.165, 1.54) is 12.3 Å². The van der Waals surface area contributed by atoms with Crippen LogP contribution in [-0.2, 0) is 9.53 Å². The van der Waals surface area contributed by atoms with Gasteiger partial charge in [-0.1, -0.05) is 18.2 Å². The zero-order valence-corrected chi connectivity index (χ0v) is 14.3. The first kappa shape index (κ1) is 17.9. The number of carbonyl (C=O) groups is 2. The number of allylic oxidation sites excluding steroid dienone is 1. The first-order valence-electron chi connectivity index (χ1n) is 8.43.